The van der Waals surface area contributed by atoms with Crippen LogP contribution in [0.1, 0.15) is 31.1 Å². The second-order valence-electron chi connectivity index (χ2n) is 6.75. The molecule has 0 aliphatic carbocycles. The molecule has 2 aromatic carbocycles. The highest BCUT2D eigenvalue weighted by Gasteiger charge is 2.32. The fourth-order valence-corrected chi connectivity index (χ4v) is 3.28. The number of anilines is 2. The number of nitrogens with zero attached hydrogens (tertiary/aromatic N) is 2. The van der Waals surface area contributed by atoms with Crippen molar-refractivity contribution in [1.82, 2.24) is 4.90 Å². The Kier molecular flexibility index (Phi) is 6.16. The van der Waals surface area contributed by atoms with Gasteiger partial charge in [0.1, 0.15) is 5.75 Å². The van der Waals surface area contributed by atoms with Gasteiger partial charge in [-0.05, 0) is 50.2 Å². The third kappa shape index (κ3) is 4.39. The summed E-state index contributed by atoms with van der Waals surface area (Å²) in [7, 11) is 0. The van der Waals surface area contributed by atoms with E-state index in [2.05, 4.69) is 5.32 Å². The van der Waals surface area contributed by atoms with Crippen molar-refractivity contribution in [2.24, 2.45) is 0 Å². The van der Waals surface area contributed by atoms with E-state index in [1.54, 1.807) is 47.4 Å². The topological polar surface area (TPSA) is 79.0 Å². The third-order valence-corrected chi connectivity index (χ3v) is 4.90. The zero-order valence-corrected chi connectivity index (χ0v) is 16.8. The summed E-state index contributed by atoms with van der Waals surface area (Å²) in [5.41, 5.74) is 1.78. The van der Waals surface area contributed by atoms with E-state index in [-0.39, 0.29) is 24.3 Å². The van der Waals surface area contributed by atoms with E-state index in [0.717, 1.165) is 0 Å². The van der Waals surface area contributed by atoms with Crippen LogP contribution in [0.4, 0.5) is 11.4 Å². The van der Waals surface area contributed by atoms with Crippen LogP contribution in [0.15, 0.2) is 48.5 Å². The Morgan fingerprint density at radius 2 is 1.72 bits per heavy atom. The second kappa shape index (κ2) is 8.77. The molecule has 3 amide bonds. The average Bonchev–Trinajstić information content (AvgIpc) is 2.74. The molecule has 7 heteroatoms. The van der Waals surface area contributed by atoms with E-state index >= 15 is 0 Å². The predicted octanol–water partition coefficient (Wildman–Crippen LogP) is 2.92. The van der Waals surface area contributed by atoms with Gasteiger partial charge in [0.15, 0.2) is 6.10 Å². The van der Waals surface area contributed by atoms with Crippen LogP contribution >= 0.6 is 0 Å². The maximum Gasteiger partial charge on any atom is 0.267 e. The predicted molar refractivity (Wildman–Crippen MR) is 111 cm³/mol. The van der Waals surface area contributed by atoms with Gasteiger partial charge in [-0.2, -0.15) is 0 Å². The van der Waals surface area contributed by atoms with Crippen LogP contribution in [-0.2, 0) is 9.59 Å². The average molecular weight is 395 g/mol. The summed E-state index contributed by atoms with van der Waals surface area (Å²) in [5, 5.41) is 2.80. The first-order chi connectivity index (χ1) is 13.9. The van der Waals surface area contributed by atoms with Gasteiger partial charge in [0, 0.05) is 31.3 Å². The first-order valence-corrected chi connectivity index (χ1v) is 9.68. The van der Waals surface area contributed by atoms with E-state index in [1.165, 1.54) is 11.8 Å². The Bertz CT molecular complexity index is 907. The van der Waals surface area contributed by atoms with Crippen molar-refractivity contribution in [3.63, 3.8) is 0 Å². The molecule has 1 heterocycles. The molecule has 0 unspecified atom stereocenters. The third-order valence-electron chi connectivity index (χ3n) is 4.90. The molecule has 1 atom stereocenters. The number of fused-ring (bicyclic) bond motifs is 1. The SMILES string of the molecule is CCN(CC)C(=O)c1ccc(NC(=O)[C@H]2CN(C(C)=O)c3ccccc3O2)cc1. The monoisotopic (exact) mass is 395 g/mol. The Labute approximate surface area is 170 Å². The summed E-state index contributed by atoms with van der Waals surface area (Å²) < 4.78 is 5.80. The van der Waals surface area contributed by atoms with Gasteiger partial charge in [-0.25, -0.2) is 0 Å². The molecule has 152 valence electrons. The van der Waals surface area contributed by atoms with Gasteiger partial charge >= 0.3 is 0 Å². The van der Waals surface area contributed by atoms with Crippen molar-refractivity contribution in [3.05, 3.63) is 54.1 Å². The van der Waals surface area contributed by atoms with Crippen molar-refractivity contribution in [3.8, 4) is 5.75 Å². The van der Waals surface area contributed by atoms with E-state index in [4.69, 9.17) is 4.74 Å². The van der Waals surface area contributed by atoms with E-state index in [1.807, 2.05) is 19.9 Å². The first-order valence-electron chi connectivity index (χ1n) is 9.68. The molecule has 0 fully saturated rings. The lowest BCUT2D eigenvalue weighted by molar-refractivity contribution is -0.123. The summed E-state index contributed by atoms with van der Waals surface area (Å²) in [4.78, 5) is 40.4. The van der Waals surface area contributed by atoms with Crippen molar-refractivity contribution in [2.45, 2.75) is 26.9 Å². The first kappa shape index (κ1) is 20.4. The van der Waals surface area contributed by atoms with Crippen LogP contribution in [-0.4, -0.2) is 48.4 Å². The molecule has 3 rings (SSSR count). The largest absolute Gasteiger partial charge is 0.476 e. The number of carbonyl (C=O) groups excluding carboxylic acids is 3. The Morgan fingerprint density at radius 1 is 1.07 bits per heavy atom. The highest BCUT2D eigenvalue weighted by Crippen LogP contribution is 2.33. The molecule has 7 nitrogen and oxygen atoms in total. The number of carbonyl (C=O) groups is 3. The van der Waals surface area contributed by atoms with E-state index in [9.17, 15) is 14.4 Å². The molecule has 0 radical (unpaired) electrons. The standard InChI is InChI=1S/C22H25N3O4/c1-4-24(5-2)22(28)16-10-12-17(13-11-16)23-21(27)20-14-25(15(3)26)18-8-6-7-9-19(18)29-20/h6-13,20H,4-5,14H2,1-3H3,(H,23,27)/t20-/m1/s1. The van der Waals surface area contributed by atoms with E-state index < -0.39 is 6.10 Å². The lowest BCUT2D eigenvalue weighted by atomic mass is 10.1. The maximum atomic E-state index is 12.7. The molecule has 0 bridgehead atoms. The molecule has 0 aromatic heterocycles. The molecule has 1 aliphatic heterocycles. The molecule has 1 aliphatic rings. The van der Waals surface area contributed by atoms with Crippen LogP contribution < -0.4 is 15.0 Å². The Morgan fingerprint density at radius 3 is 2.34 bits per heavy atom. The van der Waals surface area contributed by atoms with Crippen LogP contribution in [0.5, 0.6) is 5.75 Å². The zero-order chi connectivity index (χ0) is 21.0. The number of hydrogen-bond donors (Lipinski definition) is 1. The van der Waals surface area contributed by atoms with Gasteiger partial charge < -0.3 is 19.9 Å². The lowest BCUT2D eigenvalue weighted by Crippen LogP contribution is -2.48. The fourth-order valence-electron chi connectivity index (χ4n) is 3.28. The number of rotatable bonds is 5. The number of para-hydroxylation sites is 2. The molecule has 29 heavy (non-hydrogen) atoms. The van der Waals surface area contributed by atoms with Gasteiger partial charge in [-0.3, -0.25) is 14.4 Å². The lowest BCUT2D eigenvalue weighted by Gasteiger charge is -2.33. The highest BCUT2D eigenvalue weighted by molar-refractivity contribution is 6.00. The number of amides is 3. The van der Waals surface area contributed by atoms with Gasteiger partial charge in [0.2, 0.25) is 5.91 Å². The summed E-state index contributed by atoms with van der Waals surface area (Å²) in [6.45, 7) is 6.74. The van der Waals surface area contributed by atoms with Crippen molar-refractivity contribution < 1.29 is 19.1 Å². The molecular weight excluding hydrogens is 370 g/mol. The maximum absolute atomic E-state index is 12.7. The van der Waals surface area contributed by atoms with Gasteiger partial charge in [0.25, 0.3) is 11.8 Å². The minimum Gasteiger partial charge on any atom is -0.476 e. The number of hydrogen-bond acceptors (Lipinski definition) is 4. The molecular formula is C22H25N3O4. The Hall–Kier alpha value is -3.35. The number of ether oxygens (including phenoxy) is 1. The number of nitrogens with one attached hydrogen (secondary N) is 1. The summed E-state index contributed by atoms with van der Waals surface area (Å²) in [5.74, 6) is -0.0575. The van der Waals surface area contributed by atoms with E-state index in [0.29, 0.717) is 35.8 Å². The fraction of sp³-hybridized carbons (Fsp3) is 0.318. The van der Waals surface area contributed by atoms with Crippen LogP contribution in [0.25, 0.3) is 0 Å². The quantitative estimate of drug-likeness (QED) is 0.844. The second-order valence-corrected chi connectivity index (χ2v) is 6.75. The molecule has 0 saturated heterocycles. The molecule has 0 saturated carbocycles. The van der Waals surface area contributed by atoms with Gasteiger partial charge in [0.05, 0.1) is 12.2 Å². The summed E-state index contributed by atoms with van der Waals surface area (Å²) >= 11 is 0. The number of benzene rings is 2. The van der Waals surface area contributed by atoms with Crippen LogP contribution in [0.3, 0.4) is 0 Å². The van der Waals surface area contributed by atoms with Crippen LogP contribution in [0.2, 0.25) is 0 Å². The van der Waals surface area contributed by atoms with Crippen molar-refractivity contribution >= 4 is 29.1 Å². The zero-order valence-electron chi connectivity index (χ0n) is 16.8. The summed E-state index contributed by atoms with van der Waals surface area (Å²) in [6.07, 6.45) is -0.828. The normalized spacial score (nSPS) is 15.1. The highest BCUT2D eigenvalue weighted by atomic mass is 16.5. The molecule has 0 spiro atoms. The smallest absolute Gasteiger partial charge is 0.267 e. The van der Waals surface area contributed by atoms with Crippen LogP contribution in [0, 0.1) is 0 Å². The van der Waals surface area contributed by atoms with Gasteiger partial charge in [-0.15, -0.1) is 0 Å². The minimum absolute atomic E-state index is 0.0443. The Balaban J connectivity index is 1.71. The van der Waals surface area contributed by atoms with Crippen molar-refractivity contribution in [1.29, 1.82) is 0 Å². The summed E-state index contributed by atoms with van der Waals surface area (Å²) in [6, 6.07) is 13.9. The molecule has 2 aromatic rings. The van der Waals surface area contributed by atoms with Gasteiger partial charge in [-0.1, -0.05) is 12.1 Å². The van der Waals surface area contributed by atoms with Crippen molar-refractivity contribution in [2.75, 3.05) is 29.9 Å². The molecule has 1 N–H and O–H groups in total. The minimum atomic E-state index is -0.828.